The predicted molar refractivity (Wildman–Crippen MR) is 142 cm³/mol. The average Bonchev–Trinajstić information content (AvgIpc) is 3.58. The number of fused-ring (bicyclic) bond motifs is 2. The van der Waals surface area contributed by atoms with Crippen molar-refractivity contribution in [2.24, 2.45) is 0 Å². The molecule has 6 aromatic rings. The van der Waals surface area contributed by atoms with Gasteiger partial charge in [0.2, 0.25) is 0 Å². The topological polar surface area (TPSA) is 112 Å². The van der Waals surface area contributed by atoms with Crippen LogP contribution in [0, 0.1) is 0 Å². The highest BCUT2D eigenvalue weighted by atomic mass is 15.1. The van der Waals surface area contributed by atoms with Gasteiger partial charge in [-0.05, 0) is 49.7 Å². The average molecular weight is 488 g/mol. The molecule has 0 atom stereocenters. The Balaban J connectivity index is 1.26. The molecule has 0 amide bonds. The summed E-state index contributed by atoms with van der Waals surface area (Å²) in [6.07, 6.45) is 16.7. The first kappa shape index (κ1) is 21.8. The molecule has 0 spiro atoms. The summed E-state index contributed by atoms with van der Waals surface area (Å²) in [5.74, 6) is 0.675. The summed E-state index contributed by atoms with van der Waals surface area (Å²) in [5, 5.41) is 8.63. The predicted octanol–water partition coefficient (Wildman–Crippen LogP) is 5.01. The lowest BCUT2D eigenvalue weighted by Crippen LogP contribution is -2.29. The van der Waals surface area contributed by atoms with Gasteiger partial charge in [-0.3, -0.25) is 29.9 Å². The maximum atomic E-state index is 4.92. The Kier molecular flexibility index (Phi) is 5.40. The van der Waals surface area contributed by atoms with Crippen molar-refractivity contribution < 1.29 is 0 Å². The van der Waals surface area contributed by atoms with Gasteiger partial charge < -0.3 is 4.98 Å². The van der Waals surface area contributed by atoms with E-state index in [1.807, 2.05) is 43.1 Å². The molecule has 0 radical (unpaired) electrons. The van der Waals surface area contributed by atoms with Gasteiger partial charge in [0.1, 0.15) is 11.2 Å². The second kappa shape index (κ2) is 9.18. The fourth-order valence-electron chi connectivity index (χ4n) is 5.12. The molecule has 6 aromatic heterocycles. The SMILES string of the molecule is c1cncc(-c2cncc3[nH]c(-c4n[nH]c5cnc(-c6cncc(CN7CCCCC7)c6)cc45)nc23)c1. The number of imidazole rings is 1. The number of nitrogens with zero attached hydrogens (tertiary/aromatic N) is 7. The molecular weight excluding hydrogens is 462 g/mol. The lowest BCUT2D eigenvalue weighted by molar-refractivity contribution is 0.220. The van der Waals surface area contributed by atoms with E-state index < -0.39 is 0 Å². The third-order valence-electron chi connectivity index (χ3n) is 6.98. The molecule has 1 fully saturated rings. The van der Waals surface area contributed by atoms with Crippen molar-refractivity contribution in [1.29, 1.82) is 0 Å². The smallest absolute Gasteiger partial charge is 0.159 e. The van der Waals surface area contributed by atoms with E-state index in [4.69, 9.17) is 9.97 Å². The number of rotatable bonds is 5. The number of hydrogen-bond acceptors (Lipinski definition) is 7. The quantitative estimate of drug-likeness (QED) is 0.352. The number of aromatic amines is 2. The molecule has 1 saturated heterocycles. The summed E-state index contributed by atoms with van der Waals surface area (Å²) in [6, 6.07) is 8.17. The van der Waals surface area contributed by atoms with Crippen LogP contribution < -0.4 is 0 Å². The molecule has 1 aliphatic rings. The molecule has 0 aromatic carbocycles. The van der Waals surface area contributed by atoms with E-state index in [2.05, 4.69) is 47.2 Å². The summed E-state index contributed by atoms with van der Waals surface area (Å²) in [5.41, 5.74) is 8.22. The van der Waals surface area contributed by atoms with E-state index in [9.17, 15) is 0 Å². The third kappa shape index (κ3) is 4.13. The van der Waals surface area contributed by atoms with E-state index >= 15 is 0 Å². The standard InChI is InChI=1S/C28H25N9/c1-2-7-37(8-3-1)17-18-9-20(13-30-11-18)23-10-21-24(16-32-23)35-36-27(21)28-33-25-15-31-14-22(26(25)34-28)19-5-4-6-29-12-19/h4-6,9-16H,1-3,7-8,17H2,(H,33,34)(H,35,36). The molecule has 0 bridgehead atoms. The molecule has 7 heterocycles. The lowest BCUT2D eigenvalue weighted by Gasteiger charge is -2.26. The summed E-state index contributed by atoms with van der Waals surface area (Å²) in [7, 11) is 0. The van der Waals surface area contributed by atoms with E-state index in [-0.39, 0.29) is 0 Å². The first-order valence-corrected chi connectivity index (χ1v) is 12.6. The molecule has 0 aliphatic carbocycles. The molecule has 37 heavy (non-hydrogen) atoms. The number of nitrogens with one attached hydrogen (secondary N) is 2. The van der Waals surface area contributed by atoms with Crippen LogP contribution in [0.5, 0.6) is 0 Å². The van der Waals surface area contributed by atoms with Crippen LogP contribution in [-0.2, 0) is 6.54 Å². The van der Waals surface area contributed by atoms with Gasteiger partial charge in [-0.1, -0.05) is 12.5 Å². The van der Waals surface area contributed by atoms with Crippen molar-refractivity contribution in [2.45, 2.75) is 25.8 Å². The van der Waals surface area contributed by atoms with Gasteiger partial charge in [0, 0.05) is 59.6 Å². The lowest BCUT2D eigenvalue weighted by atomic mass is 10.1. The van der Waals surface area contributed by atoms with Crippen LogP contribution in [0.15, 0.2) is 67.6 Å². The molecule has 9 nitrogen and oxygen atoms in total. The highest BCUT2D eigenvalue weighted by molar-refractivity contribution is 5.97. The van der Waals surface area contributed by atoms with Crippen LogP contribution in [0.2, 0.25) is 0 Å². The number of pyridine rings is 4. The molecule has 2 N–H and O–H groups in total. The zero-order chi connectivity index (χ0) is 24.6. The molecule has 9 heteroatoms. The van der Waals surface area contributed by atoms with Crippen molar-refractivity contribution in [1.82, 2.24) is 45.0 Å². The van der Waals surface area contributed by atoms with Crippen molar-refractivity contribution in [3.05, 3.63) is 73.2 Å². The fraction of sp³-hybridized carbons (Fsp3) is 0.214. The Morgan fingerprint density at radius 1 is 0.838 bits per heavy atom. The van der Waals surface area contributed by atoms with E-state index in [0.29, 0.717) is 5.82 Å². The van der Waals surface area contributed by atoms with Gasteiger partial charge in [-0.25, -0.2) is 4.98 Å². The Labute approximate surface area is 213 Å². The summed E-state index contributed by atoms with van der Waals surface area (Å²) in [4.78, 5) is 28.7. The zero-order valence-corrected chi connectivity index (χ0v) is 20.2. The minimum absolute atomic E-state index is 0.675. The van der Waals surface area contributed by atoms with Gasteiger partial charge >= 0.3 is 0 Å². The maximum Gasteiger partial charge on any atom is 0.159 e. The maximum absolute atomic E-state index is 4.92. The van der Waals surface area contributed by atoms with Crippen molar-refractivity contribution in [3.63, 3.8) is 0 Å². The van der Waals surface area contributed by atoms with Crippen LogP contribution >= 0.6 is 0 Å². The number of hydrogen-bond donors (Lipinski definition) is 2. The van der Waals surface area contributed by atoms with Crippen LogP contribution in [0.3, 0.4) is 0 Å². The molecule has 0 saturated carbocycles. The van der Waals surface area contributed by atoms with Crippen molar-refractivity contribution in [2.75, 3.05) is 13.1 Å². The first-order valence-electron chi connectivity index (χ1n) is 12.6. The van der Waals surface area contributed by atoms with Crippen molar-refractivity contribution in [3.8, 4) is 33.9 Å². The fourth-order valence-corrected chi connectivity index (χ4v) is 5.12. The van der Waals surface area contributed by atoms with Crippen LogP contribution in [0.4, 0.5) is 0 Å². The van der Waals surface area contributed by atoms with E-state index in [0.717, 1.165) is 69.6 Å². The number of likely N-dealkylation sites (tertiary alicyclic amines) is 1. The Morgan fingerprint density at radius 2 is 1.73 bits per heavy atom. The van der Waals surface area contributed by atoms with Crippen LogP contribution in [0.25, 0.3) is 55.8 Å². The van der Waals surface area contributed by atoms with Gasteiger partial charge in [0.15, 0.2) is 5.82 Å². The van der Waals surface area contributed by atoms with Gasteiger partial charge in [-0.15, -0.1) is 0 Å². The normalized spacial score (nSPS) is 14.5. The Hall–Kier alpha value is -4.50. The van der Waals surface area contributed by atoms with E-state index in [1.165, 1.54) is 24.8 Å². The van der Waals surface area contributed by atoms with Crippen LogP contribution in [0.1, 0.15) is 24.8 Å². The molecule has 7 rings (SSSR count). The summed E-state index contributed by atoms with van der Waals surface area (Å²) >= 11 is 0. The minimum atomic E-state index is 0.675. The second-order valence-corrected chi connectivity index (χ2v) is 9.52. The third-order valence-corrected chi connectivity index (χ3v) is 6.98. The second-order valence-electron chi connectivity index (χ2n) is 9.52. The Morgan fingerprint density at radius 3 is 2.62 bits per heavy atom. The highest BCUT2D eigenvalue weighted by Crippen LogP contribution is 2.32. The zero-order valence-electron chi connectivity index (χ0n) is 20.2. The molecule has 1 aliphatic heterocycles. The van der Waals surface area contributed by atoms with Gasteiger partial charge in [0.05, 0.1) is 29.1 Å². The summed E-state index contributed by atoms with van der Waals surface area (Å²) < 4.78 is 0. The molecule has 0 unspecified atom stereocenters. The van der Waals surface area contributed by atoms with Gasteiger partial charge in [-0.2, -0.15) is 5.10 Å². The van der Waals surface area contributed by atoms with Gasteiger partial charge in [0.25, 0.3) is 0 Å². The molecular formula is C28H25N9. The highest BCUT2D eigenvalue weighted by Gasteiger charge is 2.17. The van der Waals surface area contributed by atoms with E-state index in [1.54, 1.807) is 12.4 Å². The minimum Gasteiger partial charge on any atom is -0.335 e. The summed E-state index contributed by atoms with van der Waals surface area (Å²) in [6.45, 7) is 3.23. The Bertz CT molecular complexity index is 1700. The number of H-pyrrole nitrogens is 2. The number of piperidine rings is 1. The van der Waals surface area contributed by atoms with Crippen LogP contribution in [-0.4, -0.2) is 58.1 Å². The molecule has 182 valence electrons. The number of aromatic nitrogens is 8. The largest absolute Gasteiger partial charge is 0.335 e. The first-order chi connectivity index (χ1) is 18.3. The van der Waals surface area contributed by atoms with Crippen molar-refractivity contribution >= 4 is 21.9 Å². The monoisotopic (exact) mass is 487 g/mol.